The van der Waals surface area contributed by atoms with Gasteiger partial charge in [0, 0.05) is 28.5 Å². The molecule has 48 heavy (non-hydrogen) atoms. The highest BCUT2D eigenvalue weighted by Gasteiger charge is 2.36. The van der Waals surface area contributed by atoms with E-state index in [1.165, 1.54) is 29.2 Å². The third-order valence-electron chi connectivity index (χ3n) is 8.55. The Morgan fingerprint density at radius 2 is 1.54 bits per heavy atom. The lowest BCUT2D eigenvalue weighted by Crippen LogP contribution is -2.55. The van der Waals surface area contributed by atoms with Crippen molar-refractivity contribution in [1.29, 1.82) is 0 Å². The van der Waals surface area contributed by atoms with Crippen molar-refractivity contribution in [3.63, 3.8) is 0 Å². The third-order valence-corrected chi connectivity index (χ3v) is 11.4. The van der Waals surface area contributed by atoms with Gasteiger partial charge in [0.1, 0.15) is 12.6 Å². The molecule has 11 heteroatoms. The summed E-state index contributed by atoms with van der Waals surface area (Å²) in [7, 11) is -4.31. The predicted molar refractivity (Wildman–Crippen MR) is 196 cm³/mol. The number of carbonyl (C=O) groups excluding carboxylic acids is 2. The molecule has 4 aromatic carbocycles. The lowest BCUT2D eigenvalue weighted by atomic mass is 9.94. The minimum Gasteiger partial charge on any atom is -0.352 e. The highest BCUT2D eigenvalue weighted by atomic mass is 79.9. The Kier molecular flexibility index (Phi) is 12.2. The van der Waals surface area contributed by atoms with Crippen LogP contribution < -0.4 is 9.62 Å². The molecule has 0 heterocycles. The van der Waals surface area contributed by atoms with Gasteiger partial charge in [-0.25, -0.2) is 8.42 Å². The Bertz CT molecular complexity index is 1820. The summed E-state index contributed by atoms with van der Waals surface area (Å²) in [4.78, 5) is 30.4. The van der Waals surface area contributed by atoms with Crippen LogP contribution in [0.4, 0.5) is 5.69 Å². The number of benzene rings is 4. The molecule has 7 nitrogen and oxygen atoms in total. The minimum atomic E-state index is -4.31. The molecular weight excluding hydrogens is 733 g/mol. The van der Waals surface area contributed by atoms with Gasteiger partial charge in [-0.05, 0) is 73.4 Å². The van der Waals surface area contributed by atoms with Crippen LogP contribution in [0.15, 0.2) is 106 Å². The zero-order valence-electron chi connectivity index (χ0n) is 26.6. The SMILES string of the molecule is Cc1ccc(S(=O)(=O)N(CC(=O)N(Cc2ccc(Br)cc2)[C@H](Cc2ccccc2)C(=O)NC2CCCCC2)c2cc(Cl)ccc2Cl)cc1. The number of halogens is 3. The fraction of sp³-hybridized carbons (Fsp3) is 0.297. The van der Waals surface area contributed by atoms with Crippen molar-refractivity contribution in [2.75, 3.05) is 10.8 Å². The summed E-state index contributed by atoms with van der Waals surface area (Å²) in [5, 5.41) is 3.59. The molecular formula is C37H38BrCl2N3O4S. The van der Waals surface area contributed by atoms with Crippen molar-refractivity contribution in [3.8, 4) is 0 Å². The number of nitrogens with one attached hydrogen (secondary N) is 1. The maximum Gasteiger partial charge on any atom is 0.264 e. The fourth-order valence-electron chi connectivity index (χ4n) is 5.91. The smallest absolute Gasteiger partial charge is 0.264 e. The number of sulfonamides is 1. The Balaban J connectivity index is 1.58. The van der Waals surface area contributed by atoms with Crippen molar-refractivity contribution in [2.45, 2.75) is 69.0 Å². The first-order valence-electron chi connectivity index (χ1n) is 15.9. The molecule has 4 aromatic rings. The first kappa shape index (κ1) is 35.9. The van der Waals surface area contributed by atoms with E-state index in [9.17, 15) is 18.0 Å². The third kappa shape index (κ3) is 9.20. The van der Waals surface area contributed by atoms with Crippen molar-refractivity contribution in [2.24, 2.45) is 0 Å². The van der Waals surface area contributed by atoms with Crippen molar-refractivity contribution >= 4 is 66.7 Å². The van der Waals surface area contributed by atoms with Gasteiger partial charge in [-0.15, -0.1) is 0 Å². The van der Waals surface area contributed by atoms with Crippen LogP contribution in [0.5, 0.6) is 0 Å². The minimum absolute atomic E-state index is 0.00715. The van der Waals surface area contributed by atoms with Crippen molar-refractivity contribution in [3.05, 3.63) is 128 Å². The lowest BCUT2D eigenvalue weighted by Gasteiger charge is -2.35. The second-order valence-corrected chi connectivity index (χ2v) is 15.7. The summed E-state index contributed by atoms with van der Waals surface area (Å²) >= 11 is 16.4. The Hall–Kier alpha value is -3.37. The Morgan fingerprint density at radius 1 is 0.875 bits per heavy atom. The Labute approximate surface area is 301 Å². The van der Waals surface area contributed by atoms with Crippen LogP contribution in [0, 0.1) is 6.92 Å². The van der Waals surface area contributed by atoms with Gasteiger partial charge in [0.05, 0.1) is 15.6 Å². The van der Waals surface area contributed by atoms with Crippen LogP contribution in [0.1, 0.15) is 48.8 Å². The quantitative estimate of drug-likeness (QED) is 0.157. The van der Waals surface area contributed by atoms with Crippen molar-refractivity contribution in [1.82, 2.24) is 10.2 Å². The molecule has 2 amide bonds. The van der Waals surface area contributed by atoms with E-state index in [1.54, 1.807) is 18.2 Å². The average Bonchev–Trinajstić information content (AvgIpc) is 3.08. The molecule has 0 aromatic heterocycles. The molecule has 0 saturated heterocycles. The second-order valence-electron chi connectivity index (χ2n) is 12.1. The standard InChI is InChI=1S/C37H38BrCl2N3O4S/c1-26-12-19-32(20-13-26)48(46,47)43(34-23-30(39)18-21-33(34)40)25-36(44)42(24-28-14-16-29(38)17-15-28)35(22-27-8-4-2-5-9-27)37(45)41-31-10-6-3-7-11-31/h2,4-5,8-9,12-21,23,31,35H,3,6-7,10-11,22,24-25H2,1H3,(H,41,45)/t35-/m1/s1. The molecule has 1 fully saturated rings. The monoisotopic (exact) mass is 769 g/mol. The summed E-state index contributed by atoms with van der Waals surface area (Å²) in [6.45, 7) is 1.31. The van der Waals surface area contributed by atoms with Crippen LogP contribution in [0.2, 0.25) is 10.0 Å². The number of aryl methyl sites for hydroxylation is 1. The van der Waals surface area contributed by atoms with Crippen LogP contribution in [-0.2, 0) is 32.6 Å². The molecule has 5 rings (SSSR count). The summed E-state index contributed by atoms with van der Waals surface area (Å²) in [5.41, 5.74) is 2.60. The molecule has 0 spiro atoms. The number of hydrogen-bond donors (Lipinski definition) is 1. The van der Waals surface area contributed by atoms with Gasteiger partial charge in [-0.1, -0.05) is 119 Å². The number of amides is 2. The van der Waals surface area contributed by atoms with Gasteiger partial charge in [-0.2, -0.15) is 0 Å². The number of carbonyl (C=O) groups is 2. The van der Waals surface area contributed by atoms with Gasteiger partial charge >= 0.3 is 0 Å². The molecule has 1 N–H and O–H groups in total. The van der Waals surface area contributed by atoms with E-state index in [1.807, 2.05) is 61.5 Å². The summed E-state index contributed by atoms with van der Waals surface area (Å²) < 4.78 is 30.4. The molecule has 0 unspecified atom stereocenters. The van der Waals surface area contributed by atoms with Gasteiger partial charge < -0.3 is 10.2 Å². The molecule has 0 radical (unpaired) electrons. The molecule has 0 aliphatic heterocycles. The van der Waals surface area contributed by atoms with E-state index in [2.05, 4.69) is 21.2 Å². The van der Waals surface area contributed by atoms with E-state index in [4.69, 9.17) is 23.2 Å². The molecule has 0 bridgehead atoms. The number of anilines is 1. The summed E-state index contributed by atoms with van der Waals surface area (Å²) in [6.07, 6.45) is 5.18. The predicted octanol–water partition coefficient (Wildman–Crippen LogP) is 8.35. The molecule has 1 atom stereocenters. The van der Waals surface area contributed by atoms with Crippen LogP contribution in [-0.4, -0.2) is 43.8 Å². The molecule has 1 aliphatic rings. The summed E-state index contributed by atoms with van der Waals surface area (Å²) in [6, 6.07) is 26.9. The first-order chi connectivity index (χ1) is 23.0. The highest BCUT2D eigenvalue weighted by molar-refractivity contribution is 9.10. The number of hydrogen-bond acceptors (Lipinski definition) is 4. The van der Waals surface area contributed by atoms with E-state index < -0.39 is 28.5 Å². The largest absolute Gasteiger partial charge is 0.352 e. The number of nitrogens with zero attached hydrogens (tertiary/aromatic N) is 2. The molecule has 1 aliphatic carbocycles. The van der Waals surface area contributed by atoms with E-state index >= 15 is 0 Å². The van der Waals surface area contributed by atoms with Gasteiger partial charge in [0.25, 0.3) is 10.0 Å². The average molecular weight is 772 g/mol. The van der Waals surface area contributed by atoms with Gasteiger partial charge in [-0.3, -0.25) is 13.9 Å². The fourth-order valence-corrected chi connectivity index (χ4v) is 8.04. The highest BCUT2D eigenvalue weighted by Crippen LogP contribution is 2.33. The second kappa shape index (κ2) is 16.4. The molecule has 1 saturated carbocycles. The first-order valence-corrected chi connectivity index (χ1v) is 18.9. The number of rotatable bonds is 12. The van der Waals surface area contributed by atoms with E-state index in [-0.39, 0.29) is 45.5 Å². The topological polar surface area (TPSA) is 86.8 Å². The maximum atomic E-state index is 14.7. The summed E-state index contributed by atoms with van der Waals surface area (Å²) in [5.74, 6) is -0.839. The van der Waals surface area contributed by atoms with Gasteiger partial charge in [0.2, 0.25) is 11.8 Å². The van der Waals surface area contributed by atoms with E-state index in [0.717, 1.165) is 57.6 Å². The molecule has 252 valence electrons. The Morgan fingerprint density at radius 3 is 2.21 bits per heavy atom. The lowest BCUT2D eigenvalue weighted by molar-refractivity contribution is -0.140. The normalized spacial score (nSPS) is 14.2. The van der Waals surface area contributed by atoms with Crippen LogP contribution >= 0.6 is 39.1 Å². The van der Waals surface area contributed by atoms with Crippen LogP contribution in [0.3, 0.4) is 0 Å². The van der Waals surface area contributed by atoms with Crippen LogP contribution in [0.25, 0.3) is 0 Å². The van der Waals surface area contributed by atoms with Crippen molar-refractivity contribution < 1.29 is 18.0 Å². The zero-order chi connectivity index (χ0) is 34.3. The zero-order valence-corrected chi connectivity index (χ0v) is 30.5. The maximum absolute atomic E-state index is 14.7. The van der Waals surface area contributed by atoms with Gasteiger partial charge in [0.15, 0.2) is 0 Å². The van der Waals surface area contributed by atoms with E-state index in [0.29, 0.717) is 0 Å².